The molecule has 0 bridgehead atoms. The summed E-state index contributed by atoms with van der Waals surface area (Å²) in [6, 6.07) is 2.37. The summed E-state index contributed by atoms with van der Waals surface area (Å²) in [6.07, 6.45) is -4.92. The Balaban J connectivity index is 3.02. The number of aldehydes is 1. The lowest BCUT2D eigenvalue weighted by Crippen LogP contribution is -2.18. The highest BCUT2D eigenvalue weighted by atomic mass is 19.4. The second-order valence-electron chi connectivity index (χ2n) is 2.74. The van der Waals surface area contributed by atoms with Gasteiger partial charge >= 0.3 is 13.0 Å². The van der Waals surface area contributed by atoms with E-state index in [0.717, 1.165) is 12.1 Å². The molecule has 0 fully saturated rings. The lowest BCUT2D eigenvalue weighted by molar-refractivity contribution is -0.274. The van der Waals surface area contributed by atoms with Crippen molar-refractivity contribution in [3.8, 4) is 11.5 Å². The number of alkyl halides is 5. The van der Waals surface area contributed by atoms with Crippen LogP contribution in [0.25, 0.3) is 0 Å². The second-order valence-corrected chi connectivity index (χ2v) is 2.74. The number of hydrogen-bond acceptors (Lipinski definition) is 3. The summed E-state index contributed by atoms with van der Waals surface area (Å²) in [7, 11) is 0. The monoisotopic (exact) mass is 256 g/mol. The molecule has 0 aromatic heterocycles. The molecule has 8 heteroatoms. The number of rotatable bonds is 4. The minimum absolute atomic E-state index is 0.104. The van der Waals surface area contributed by atoms with E-state index in [1.165, 1.54) is 0 Å². The van der Waals surface area contributed by atoms with E-state index in [1.54, 1.807) is 0 Å². The first-order valence-electron chi connectivity index (χ1n) is 4.11. The van der Waals surface area contributed by atoms with Crippen LogP contribution in [0.5, 0.6) is 11.5 Å². The van der Waals surface area contributed by atoms with Crippen LogP contribution in [0.2, 0.25) is 0 Å². The minimum atomic E-state index is -5.03. The highest BCUT2D eigenvalue weighted by molar-refractivity contribution is 5.79. The zero-order valence-corrected chi connectivity index (χ0v) is 8.00. The molecule has 0 aliphatic heterocycles. The maximum atomic E-state index is 11.9. The Labute approximate surface area is 91.7 Å². The van der Waals surface area contributed by atoms with E-state index in [4.69, 9.17) is 0 Å². The van der Waals surface area contributed by atoms with Crippen molar-refractivity contribution in [1.82, 2.24) is 0 Å². The van der Waals surface area contributed by atoms with Gasteiger partial charge in [0.15, 0.2) is 6.29 Å². The molecule has 1 aromatic rings. The number of carbonyl (C=O) groups is 1. The van der Waals surface area contributed by atoms with E-state index in [2.05, 4.69) is 9.47 Å². The van der Waals surface area contributed by atoms with Crippen molar-refractivity contribution in [1.29, 1.82) is 0 Å². The van der Waals surface area contributed by atoms with Crippen LogP contribution in [0.4, 0.5) is 22.0 Å². The Bertz CT molecular complexity index is 402. The average Bonchev–Trinajstić information content (AvgIpc) is 2.14. The van der Waals surface area contributed by atoms with Crippen molar-refractivity contribution in [3.63, 3.8) is 0 Å². The number of carbonyl (C=O) groups excluding carboxylic acids is 1. The molecule has 1 rings (SSSR count). The highest BCUT2D eigenvalue weighted by Gasteiger charge is 2.32. The van der Waals surface area contributed by atoms with Crippen LogP contribution in [0.3, 0.4) is 0 Å². The van der Waals surface area contributed by atoms with E-state index >= 15 is 0 Å². The van der Waals surface area contributed by atoms with E-state index in [0.29, 0.717) is 6.07 Å². The fourth-order valence-corrected chi connectivity index (χ4v) is 1.00. The van der Waals surface area contributed by atoms with Crippen molar-refractivity contribution >= 4 is 6.29 Å². The molecule has 17 heavy (non-hydrogen) atoms. The first-order chi connectivity index (χ1) is 7.81. The number of ether oxygens (including phenoxy) is 2. The molecule has 94 valence electrons. The average molecular weight is 256 g/mol. The molecule has 0 aliphatic rings. The molecule has 0 spiro atoms. The van der Waals surface area contributed by atoms with Gasteiger partial charge in [-0.15, -0.1) is 13.2 Å². The third kappa shape index (κ3) is 4.25. The molecule has 3 nitrogen and oxygen atoms in total. The van der Waals surface area contributed by atoms with Crippen LogP contribution >= 0.6 is 0 Å². The Morgan fingerprint density at radius 1 is 1.24 bits per heavy atom. The smallest absolute Gasteiger partial charge is 0.435 e. The van der Waals surface area contributed by atoms with Crippen LogP contribution < -0.4 is 9.47 Å². The van der Waals surface area contributed by atoms with E-state index < -0.39 is 30.0 Å². The molecule has 0 heterocycles. The third-order valence-electron chi connectivity index (χ3n) is 1.56. The first-order valence-corrected chi connectivity index (χ1v) is 4.11. The number of benzene rings is 1. The fraction of sp³-hybridized carbons (Fsp3) is 0.222. The van der Waals surface area contributed by atoms with Gasteiger partial charge in [0.2, 0.25) is 0 Å². The van der Waals surface area contributed by atoms with Crippen molar-refractivity contribution < 1.29 is 36.2 Å². The fourth-order valence-electron chi connectivity index (χ4n) is 1.00. The summed E-state index contributed by atoms with van der Waals surface area (Å²) in [5.41, 5.74) is -0.427. The summed E-state index contributed by atoms with van der Waals surface area (Å²) >= 11 is 0. The van der Waals surface area contributed by atoms with Crippen LogP contribution in [-0.4, -0.2) is 19.3 Å². The van der Waals surface area contributed by atoms with Crippen molar-refractivity contribution in [2.24, 2.45) is 0 Å². The summed E-state index contributed by atoms with van der Waals surface area (Å²) < 4.78 is 66.8. The predicted molar refractivity (Wildman–Crippen MR) is 45.1 cm³/mol. The van der Waals surface area contributed by atoms with Gasteiger partial charge in [0, 0.05) is 6.07 Å². The molecule has 0 saturated carbocycles. The largest absolute Gasteiger partial charge is 0.573 e. The van der Waals surface area contributed by atoms with Crippen LogP contribution in [-0.2, 0) is 0 Å². The Hall–Kier alpha value is -1.86. The molecule has 0 amide bonds. The quantitative estimate of drug-likeness (QED) is 0.613. The lowest BCUT2D eigenvalue weighted by atomic mass is 10.2. The first kappa shape index (κ1) is 13.2. The summed E-state index contributed by atoms with van der Waals surface area (Å²) in [5, 5.41) is 0. The normalized spacial score (nSPS) is 11.4. The predicted octanol–water partition coefficient (Wildman–Crippen LogP) is 3.00. The summed E-state index contributed by atoms with van der Waals surface area (Å²) in [6.45, 7) is -3.18. The van der Waals surface area contributed by atoms with Gasteiger partial charge in [-0.3, -0.25) is 4.79 Å². The minimum Gasteiger partial charge on any atom is -0.435 e. The summed E-state index contributed by atoms with van der Waals surface area (Å²) in [4.78, 5) is 10.4. The molecular weight excluding hydrogens is 251 g/mol. The topological polar surface area (TPSA) is 35.5 Å². The maximum Gasteiger partial charge on any atom is 0.573 e. The van der Waals surface area contributed by atoms with E-state index in [1.807, 2.05) is 0 Å². The van der Waals surface area contributed by atoms with E-state index in [-0.39, 0.29) is 6.29 Å². The second kappa shape index (κ2) is 4.98. The van der Waals surface area contributed by atoms with Gasteiger partial charge in [-0.25, -0.2) is 0 Å². The molecule has 1 aromatic carbocycles. The van der Waals surface area contributed by atoms with Gasteiger partial charge in [0.25, 0.3) is 0 Å². The van der Waals surface area contributed by atoms with Crippen LogP contribution in [0.15, 0.2) is 18.2 Å². The number of hydrogen-bond donors (Lipinski definition) is 0. The van der Waals surface area contributed by atoms with Gasteiger partial charge in [-0.2, -0.15) is 8.78 Å². The number of halogens is 5. The molecule has 0 saturated heterocycles. The molecule has 0 N–H and O–H groups in total. The van der Waals surface area contributed by atoms with Gasteiger partial charge in [0.1, 0.15) is 11.5 Å². The molecular formula is C9H5F5O3. The zero-order valence-electron chi connectivity index (χ0n) is 8.00. The molecule has 0 radical (unpaired) electrons. The van der Waals surface area contributed by atoms with Crippen LogP contribution in [0.1, 0.15) is 10.4 Å². The van der Waals surface area contributed by atoms with Crippen molar-refractivity contribution in [3.05, 3.63) is 23.8 Å². The molecule has 0 atom stereocenters. The highest BCUT2D eigenvalue weighted by Crippen LogP contribution is 2.29. The third-order valence-corrected chi connectivity index (χ3v) is 1.56. The Morgan fingerprint density at radius 2 is 1.88 bits per heavy atom. The van der Waals surface area contributed by atoms with Gasteiger partial charge in [-0.05, 0) is 12.1 Å². The maximum absolute atomic E-state index is 11.9. The Kier molecular flexibility index (Phi) is 3.87. The van der Waals surface area contributed by atoms with Crippen LogP contribution in [0, 0.1) is 0 Å². The Morgan fingerprint density at radius 3 is 2.35 bits per heavy atom. The van der Waals surface area contributed by atoms with Crippen molar-refractivity contribution in [2.75, 3.05) is 0 Å². The zero-order chi connectivity index (χ0) is 13.1. The summed E-state index contributed by atoms with van der Waals surface area (Å²) in [5.74, 6) is -1.43. The SMILES string of the molecule is O=Cc1ccc(OC(F)F)cc1OC(F)(F)F. The molecule has 0 aliphatic carbocycles. The van der Waals surface area contributed by atoms with Gasteiger partial charge < -0.3 is 9.47 Å². The van der Waals surface area contributed by atoms with E-state index in [9.17, 15) is 26.7 Å². The standard InChI is InChI=1S/C9H5F5O3/c10-8(11)16-6-2-1-5(4-15)7(3-6)17-9(12,13)14/h1-4,8H. The van der Waals surface area contributed by atoms with Gasteiger partial charge in [0.05, 0.1) is 5.56 Å². The van der Waals surface area contributed by atoms with Gasteiger partial charge in [-0.1, -0.05) is 0 Å². The van der Waals surface area contributed by atoms with Crippen molar-refractivity contribution in [2.45, 2.75) is 13.0 Å². The lowest BCUT2D eigenvalue weighted by Gasteiger charge is -2.12. The molecule has 0 unspecified atom stereocenters.